The number of pyridine rings is 1. The Balaban J connectivity index is 1.45. The lowest BCUT2D eigenvalue weighted by atomic mass is 10.2. The first-order valence-corrected chi connectivity index (χ1v) is 10.2. The Kier molecular flexibility index (Phi) is 5.65. The van der Waals surface area contributed by atoms with Crippen molar-refractivity contribution in [3.05, 3.63) is 59.0 Å². The molecule has 3 heterocycles. The van der Waals surface area contributed by atoms with Crippen molar-refractivity contribution in [2.24, 2.45) is 0 Å². The van der Waals surface area contributed by atoms with Crippen LogP contribution in [-0.4, -0.2) is 65.6 Å². The van der Waals surface area contributed by atoms with Crippen LogP contribution in [0.25, 0.3) is 11.0 Å². The van der Waals surface area contributed by atoms with E-state index in [2.05, 4.69) is 14.9 Å². The number of amides is 1. The molecular formula is C22H26N6O2. The van der Waals surface area contributed by atoms with Gasteiger partial charge in [0.25, 0.3) is 5.56 Å². The van der Waals surface area contributed by atoms with Gasteiger partial charge in [0.1, 0.15) is 5.82 Å². The second kappa shape index (κ2) is 8.52. The molecule has 1 fully saturated rings. The molecule has 1 aromatic carbocycles. The Morgan fingerprint density at radius 3 is 2.47 bits per heavy atom. The molecule has 1 saturated heterocycles. The fraction of sp³-hybridized carbons (Fsp3) is 0.364. The molecular weight excluding hydrogens is 380 g/mol. The van der Waals surface area contributed by atoms with Crippen LogP contribution in [0.2, 0.25) is 0 Å². The van der Waals surface area contributed by atoms with Crippen molar-refractivity contribution in [1.82, 2.24) is 19.4 Å². The predicted octanol–water partition coefficient (Wildman–Crippen LogP) is 1.60. The third kappa shape index (κ3) is 3.98. The number of hydrogen-bond acceptors (Lipinski definition) is 6. The van der Waals surface area contributed by atoms with Gasteiger partial charge in [-0.15, -0.1) is 0 Å². The Labute approximate surface area is 175 Å². The number of carbonyl (C=O) groups is 1. The lowest BCUT2D eigenvalue weighted by Gasteiger charge is -2.35. The summed E-state index contributed by atoms with van der Waals surface area (Å²) in [6.45, 7) is 3.16. The van der Waals surface area contributed by atoms with Gasteiger partial charge < -0.3 is 19.3 Å². The van der Waals surface area contributed by atoms with Crippen molar-refractivity contribution in [2.45, 2.75) is 13.0 Å². The number of nitrogens with zero attached hydrogens (tertiary/aromatic N) is 6. The molecule has 0 aliphatic carbocycles. The number of piperazine rings is 1. The van der Waals surface area contributed by atoms with E-state index >= 15 is 0 Å². The highest BCUT2D eigenvalue weighted by Crippen LogP contribution is 2.15. The summed E-state index contributed by atoms with van der Waals surface area (Å²) in [6.07, 6.45) is 2.07. The summed E-state index contributed by atoms with van der Waals surface area (Å²) < 4.78 is 1.67. The fourth-order valence-electron chi connectivity index (χ4n) is 3.78. The fourth-order valence-corrected chi connectivity index (χ4v) is 3.78. The molecule has 4 rings (SSSR count). The van der Waals surface area contributed by atoms with Gasteiger partial charge in [-0.1, -0.05) is 18.2 Å². The van der Waals surface area contributed by atoms with E-state index in [4.69, 9.17) is 0 Å². The van der Waals surface area contributed by atoms with Crippen molar-refractivity contribution in [1.29, 1.82) is 0 Å². The van der Waals surface area contributed by atoms with Crippen LogP contribution >= 0.6 is 0 Å². The van der Waals surface area contributed by atoms with Crippen LogP contribution in [-0.2, 0) is 11.3 Å². The van der Waals surface area contributed by atoms with Crippen LogP contribution in [0, 0.1) is 0 Å². The highest BCUT2D eigenvalue weighted by molar-refractivity contribution is 5.78. The van der Waals surface area contributed by atoms with E-state index in [-0.39, 0.29) is 17.9 Å². The average molecular weight is 406 g/mol. The quantitative estimate of drug-likeness (QED) is 0.641. The first kappa shape index (κ1) is 19.9. The van der Waals surface area contributed by atoms with E-state index in [0.29, 0.717) is 25.5 Å². The summed E-state index contributed by atoms with van der Waals surface area (Å²) in [5.74, 6) is 1.38. The molecule has 0 radical (unpaired) electrons. The standard InChI is InChI=1S/C22H26N6O2/c1-25(2)21-22(30)28(18-8-4-3-7-17(18)24-21)12-10-20(29)27-15-13-26(14-16-27)19-9-5-6-11-23-19/h3-9,11H,10,12-16H2,1-2H3. The zero-order chi connectivity index (χ0) is 21.1. The van der Waals surface area contributed by atoms with Crippen LogP contribution in [0.15, 0.2) is 53.5 Å². The van der Waals surface area contributed by atoms with Crippen LogP contribution < -0.4 is 15.4 Å². The van der Waals surface area contributed by atoms with E-state index in [1.807, 2.05) is 47.4 Å². The molecule has 30 heavy (non-hydrogen) atoms. The maximum atomic E-state index is 12.9. The van der Waals surface area contributed by atoms with E-state index in [1.54, 1.807) is 29.8 Å². The number of aromatic nitrogens is 3. The maximum Gasteiger partial charge on any atom is 0.293 e. The number of hydrogen-bond donors (Lipinski definition) is 0. The summed E-state index contributed by atoms with van der Waals surface area (Å²) in [7, 11) is 3.60. The summed E-state index contributed by atoms with van der Waals surface area (Å²) >= 11 is 0. The summed E-state index contributed by atoms with van der Waals surface area (Å²) in [5, 5.41) is 0. The van der Waals surface area contributed by atoms with Crippen LogP contribution in [0.1, 0.15) is 6.42 Å². The Hall–Kier alpha value is -3.42. The molecule has 1 aliphatic heterocycles. The summed E-state index contributed by atoms with van der Waals surface area (Å²) in [4.78, 5) is 40.4. The van der Waals surface area contributed by atoms with Gasteiger partial charge in [-0.05, 0) is 24.3 Å². The lowest BCUT2D eigenvalue weighted by Crippen LogP contribution is -2.49. The number of rotatable bonds is 5. The van der Waals surface area contributed by atoms with Gasteiger partial charge in [0.05, 0.1) is 11.0 Å². The SMILES string of the molecule is CN(C)c1nc2ccccc2n(CCC(=O)N2CCN(c3ccccn3)CC2)c1=O. The molecule has 1 aliphatic rings. The minimum absolute atomic E-state index is 0.0647. The molecule has 0 atom stereocenters. The Bertz CT molecular complexity index is 1090. The van der Waals surface area contributed by atoms with E-state index in [9.17, 15) is 9.59 Å². The van der Waals surface area contributed by atoms with Crippen LogP contribution in [0.5, 0.6) is 0 Å². The first-order chi connectivity index (χ1) is 14.5. The molecule has 0 spiro atoms. The van der Waals surface area contributed by atoms with Crippen LogP contribution in [0.4, 0.5) is 11.6 Å². The number of para-hydroxylation sites is 2. The van der Waals surface area contributed by atoms with Crippen molar-refractivity contribution >= 4 is 28.6 Å². The largest absolute Gasteiger partial charge is 0.358 e. The molecule has 156 valence electrons. The van der Waals surface area contributed by atoms with E-state index in [0.717, 1.165) is 29.9 Å². The van der Waals surface area contributed by atoms with Crippen molar-refractivity contribution in [3.63, 3.8) is 0 Å². The molecule has 0 saturated carbocycles. The van der Waals surface area contributed by atoms with E-state index in [1.165, 1.54) is 0 Å². The van der Waals surface area contributed by atoms with Gasteiger partial charge in [0, 0.05) is 59.4 Å². The Morgan fingerprint density at radius 1 is 1.03 bits per heavy atom. The van der Waals surface area contributed by atoms with Gasteiger partial charge in [-0.2, -0.15) is 0 Å². The average Bonchev–Trinajstić information content (AvgIpc) is 2.78. The van der Waals surface area contributed by atoms with Gasteiger partial charge >= 0.3 is 0 Å². The van der Waals surface area contributed by atoms with Crippen molar-refractivity contribution < 1.29 is 4.79 Å². The number of benzene rings is 1. The number of anilines is 2. The number of carbonyl (C=O) groups excluding carboxylic acids is 1. The molecule has 0 N–H and O–H groups in total. The minimum atomic E-state index is -0.175. The second-order valence-electron chi connectivity index (χ2n) is 7.58. The highest BCUT2D eigenvalue weighted by atomic mass is 16.2. The predicted molar refractivity (Wildman–Crippen MR) is 118 cm³/mol. The smallest absolute Gasteiger partial charge is 0.293 e. The topological polar surface area (TPSA) is 74.6 Å². The Morgan fingerprint density at radius 2 is 1.77 bits per heavy atom. The van der Waals surface area contributed by atoms with Gasteiger partial charge in [-0.3, -0.25) is 9.59 Å². The number of fused-ring (bicyclic) bond motifs is 1. The lowest BCUT2D eigenvalue weighted by molar-refractivity contribution is -0.131. The third-order valence-electron chi connectivity index (χ3n) is 5.41. The molecule has 2 aromatic heterocycles. The summed E-state index contributed by atoms with van der Waals surface area (Å²) in [6, 6.07) is 13.4. The molecule has 0 unspecified atom stereocenters. The monoisotopic (exact) mass is 406 g/mol. The molecule has 8 nitrogen and oxygen atoms in total. The maximum absolute atomic E-state index is 12.9. The first-order valence-electron chi connectivity index (χ1n) is 10.2. The molecule has 3 aromatic rings. The summed E-state index contributed by atoms with van der Waals surface area (Å²) in [5.41, 5.74) is 1.32. The molecule has 1 amide bonds. The molecule has 8 heteroatoms. The van der Waals surface area contributed by atoms with E-state index < -0.39 is 0 Å². The van der Waals surface area contributed by atoms with Gasteiger partial charge in [0.15, 0.2) is 5.82 Å². The minimum Gasteiger partial charge on any atom is -0.358 e. The zero-order valence-corrected chi connectivity index (χ0v) is 17.4. The molecule has 0 bridgehead atoms. The van der Waals surface area contributed by atoms with Crippen molar-refractivity contribution in [2.75, 3.05) is 50.1 Å². The second-order valence-corrected chi connectivity index (χ2v) is 7.58. The zero-order valence-electron chi connectivity index (χ0n) is 17.4. The third-order valence-corrected chi connectivity index (χ3v) is 5.41. The van der Waals surface area contributed by atoms with Crippen LogP contribution in [0.3, 0.4) is 0 Å². The van der Waals surface area contributed by atoms with Gasteiger partial charge in [-0.25, -0.2) is 9.97 Å². The van der Waals surface area contributed by atoms with Crippen molar-refractivity contribution in [3.8, 4) is 0 Å². The highest BCUT2D eigenvalue weighted by Gasteiger charge is 2.22. The normalized spacial score (nSPS) is 14.2. The number of aryl methyl sites for hydroxylation is 1. The van der Waals surface area contributed by atoms with Gasteiger partial charge in [0.2, 0.25) is 5.91 Å².